The van der Waals surface area contributed by atoms with E-state index in [4.69, 9.17) is 9.47 Å². The van der Waals surface area contributed by atoms with Gasteiger partial charge in [0.15, 0.2) is 18.1 Å². The standard InChI is InChI=1S/C23H24N2O3/c1-3-27-21-10-6-7-11-22(21)28-16-23(26)25-20-9-5-4-8-19(20)24-18-14-12-17(2)13-15-18/h4-15,24H,3,16H2,1-2H3,(H,25,26). The lowest BCUT2D eigenvalue weighted by Crippen LogP contribution is -2.21. The van der Waals surface area contributed by atoms with Crippen molar-refractivity contribution in [3.8, 4) is 11.5 Å². The second kappa shape index (κ2) is 9.46. The zero-order valence-electron chi connectivity index (χ0n) is 16.1. The van der Waals surface area contributed by atoms with Crippen molar-refractivity contribution in [1.82, 2.24) is 0 Å². The Hall–Kier alpha value is -3.47. The smallest absolute Gasteiger partial charge is 0.262 e. The zero-order valence-corrected chi connectivity index (χ0v) is 16.1. The first-order valence-electron chi connectivity index (χ1n) is 9.23. The van der Waals surface area contributed by atoms with E-state index in [9.17, 15) is 4.79 Å². The van der Waals surface area contributed by atoms with Crippen molar-refractivity contribution in [3.63, 3.8) is 0 Å². The molecule has 144 valence electrons. The number of ether oxygens (including phenoxy) is 2. The molecule has 0 unspecified atom stereocenters. The highest BCUT2D eigenvalue weighted by atomic mass is 16.5. The third kappa shape index (κ3) is 5.27. The largest absolute Gasteiger partial charge is 0.490 e. The number of aryl methyl sites for hydroxylation is 1. The lowest BCUT2D eigenvalue weighted by molar-refractivity contribution is -0.118. The summed E-state index contributed by atoms with van der Waals surface area (Å²) in [5.41, 5.74) is 3.65. The first kappa shape index (κ1) is 19.3. The Morgan fingerprint density at radius 3 is 2.11 bits per heavy atom. The number of para-hydroxylation sites is 4. The van der Waals surface area contributed by atoms with Crippen molar-refractivity contribution >= 4 is 23.0 Å². The van der Waals surface area contributed by atoms with Crippen LogP contribution in [0.2, 0.25) is 0 Å². The predicted molar refractivity (Wildman–Crippen MR) is 113 cm³/mol. The molecule has 2 N–H and O–H groups in total. The minimum atomic E-state index is -0.246. The fourth-order valence-corrected chi connectivity index (χ4v) is 2.67. The zero-order chi connectivity index (χ0) is 19.8. The Balaban J connectivity index is 1.64. The van der Waals surface area contributed by atoms with Gasteiger partial charge in [-0.15, -0.1) is 0 Å². The van der Waals surface area contributed by atoms with Gasteiger partial charge in [-0.05, 0) is 50.2 Å². The van der Waals surface area contributed by atoms with Crippen LogP contribution in [0, 0.1) is 6.92 Å². The van der Waals surface area contributed by atoms with Crippen LogP contribution < -0.4 is 20.1 Å². The molecule has 0 atom stereocenters. The number of nitrogens with one attached hydrogen (secondary N) is 2. The Bertz CT molecular complexity index is 923. The molecule has 0 saturated carbocycles. The van der Waals surface area contributed by atoms with E-state index in [-0.39, 0.29) is 12.5 Å². The summed E-state index contributed by atoms with van der Waals surface area (Å²) in [7, 11) is 0. The summed E-state index contributed by atoms with van der Waals surface area (Å²) in [6, 6.07) is 22.9. The number of rotatable bonds is 8. The normalized spacial score (nSPS) is 10.2. The highest BCUT2D eigenvalue weighted by Crippen LogP contribution is 2.27. The molecule has 0 bridgehead atoms. The maximum absolute atomic E-state index is 12.4. The summed E-state index contributed by atoms with van der Waals surface area (Å²) in [5.74, 6) is 0.925. The Labute approximate surface area is 165 Å². The van der Waals surface area contributed by atoms with Gasteiger partial charge in [-0.3, -0.25) is 4.79 Å². The van der Waals surface area contributed by atoms with Gasteiger partial charge in [-0.25, -0.2) is 0 Å². The summed E-state index contributed by atoms with van der Waals surface area (Å²) in [4.78, 5) is 12.4. The van der Waals surface area contributed by atoms with Crippen molar-refractivity contribution in [1.29, 1.82) is 0 Å². The van der Waals surface area contributed by atoms with Gasteiger partial charge in [0.25, 0.3) is 5.91 Å². The average molecular weight is 376 g/mol. The molecule has 0 heterocycles. The van der Waals surface area contributed by atoms with Gasteiger partial charge in [0, 0.05) is 5.69 Å². The van der Waals surface area contributed by atoms with Gasteiger partial charge >= 0.3 is 0 Å². The molecule has 28 heavy (non-hydrogen) atoms. The molecule has 0 saturated heterocycles. The van der Waals surface area contributed by atoms with Crippen molar-refractivity contribution < 1.29 is 14.3 Å². The van der Waals surface area contributed by atoms with Crippen LogP contribution in [0.25, 0.3) is 0 Å². The molecular weight excluding hydrogens is 352 g/mol. The summed E-state index contributed by atoms with van der Waals surface area (Å²) < 4.78 is 11.2. The minimum absolute atomic E-state index is 0.108. The number of hydrogen-bond donors (Lipinski definition) is 2. The van der Waals surface area contributed by atoms with Crippen molar-refractivity contribution in [2.75, 3.05) is 23.8 Å². The van der Waals surface area contributed by atoms with E-state index in [2.05, 4.69) is 10.6 Å². The van der Waals surface area contributed by atoms with Gasteiger partial charge in [0.05, 0.1) is 18.0 Å². The van der Waals surface area contributed by atoms with Gasteiger partial charge in [-0.2, -0.15) is 0 Å². The molecule has 0 radical (unpaired) electrons. The highest BCUT2D eigenvalue weighted by molar-refractivity contribution is 5.95. The number of hydrogen-bond acceptors (Lipinski definition) is 4. The second-order valence-corrected chi connectivity index (χ2v) is 6.25. The third-order valence-electron chi connectivity index (χ3n) is 4.04. The lowest BCUT2D eigenvalue weighted by Gasteiger charge is -2.14. The predicted octanol–water partition coefficient (Wildman–Crippen LogP) is 5.15. The van der Waals surface area contributed by atoms with Crippen LogP contribution in [0.4, 0.5) is 17.1 Å². The van der Waals surface area contributed by atoms with Gasteiger partial charge in [-0.1, -0.05) is 42.0 Å². The second-order valence-electron chi connectivity index (χ2n) is 6.25. The van der Waals surface area contributed by atoms with Crippen LogP contribution in [-0.4, -0.2) is 19.1 Å². The number of amides is 1. The third-order valence-corrected chi connectivity index (χ3v) is 4.04. The van der Waals surface area contributed by atoms with Crippen LogP contribution in [0.1, 0.15) is 12.5 Å². The van der Waals surface area contributed by atoms with Gasteiger partial charge in [0.2, 0.25) is 0 Å². The van der Waals surface area contributed by atoms with E-state index < -0.39 is 0 Å². The number of carbonyl (C=O) groups is 1. The molecule has 3 rings (SSSR count). The molecule has 3 aromatic rings. The average Bonchev–Trinajstić information content (AvgIpc) is 2.71. The summed E-state index contributed by atoms with van der Waals surface area (Å²) in [5, 5.41) is 6.23. The van der Waals surface area contributed by atoms with E-state index in [1.54, 1.807) is 6.07 Å². The molecule has 3 aromatic carbocycles. The van der Waals surface area contributed by atoms with E-state index in [0.29, 0.717) is 23.8 Å². The maximum atomic E-state index is 12.4. The van der Waals surface area contributed by atoms with Crippen molar-refractivity contribution in [3.05, 3.63) is 78.4 Å². The molecule has 0 aliphatic carbocycles. The first-order valence-corrected chi connectivity index (χ1v) is 9.23. The number of anilines is 3. The summed E-state index contributed by atoms with van der Waals surface area (Å²) in [6.07, 6.45) is 0. The maximum Gasteiger partial charge on any atom is 0.262 e. The molecule has 5 nitrogen and oxygen atoms in total. The fourth-order valence-electron chi connectivity index (χ4n) is 2.67. The lowest BCUT2D eigenvalue weighted by atomic mass is 10.2. The first-order chi connectivity index (χ1) is 13.7. The molecule has 0 aromatic heterocycles. The van der Waals surface area contributed by atoms with Crippen LogP contribution in [0.15, 0.2) is 72.8 Å². The van der Waals surface area contributed by atoms with Crippen LogP contribution >= 0.6 is 0 Å². The van der Waals surface area contributed by atoms with Crippen molar-refractivity contribution in [2.45, 2.75) is 13.8 Å². The van der Waals surface area contributed by atoms with Crippen LogP contribution in [0.3, 0.4) is 0 Å². The van der Waals surface area contributed by atoms with Crippen LogP contribution in [0.5, 0.6) is 11.5 Å². The monoisotopic (exact) mass is 376 g/mol. The summed E-state index contributed by atoms with van der Waals surface area (Å²) in [6.45, 7) is 4.37. The minimum Gasteiger partial charge on any atom is -0.490 e. The van der Waals surface area contributed by atoms with Crippen LogP contribution in [-0.2, 0) is 4.79 Å². The Morgan fingerprint density at radius 1 is 0.821 bits per heavy atom. The fraction of sp³-hybridized carbons (Fsp3) is 0.174. The molecule has 0 aliphatic heterocycles. The van der Waals surface area contributed by atoms with E-state index in [0.717, 1.165) is 11.4 Å². The van der Waals surface area contributed by atoms with Gasteiger partial charge < -0.3 is 20.1 Å². The molecule has 0 aliphatic rings. The Morgan fingerprint density at radius 2 is 1.43 bits per heavy atom. The van der Waals surface area contributed by atoms with E-state index in [1.807, 2.05) is 80.6 Å². The van der Waals surface area contributed by atoms with E-state index >= 15 is 0 Å². The highest BCUT2D eigenvalue weighted by Gasteiger charge is 2.10. The van der Waals surface area contributed by atoms with Crippen molar-refractivity contribution in [2.24, 2.45) is 0 Å². The quantitative estimate of drug-likeness (QED) is 0.570. The molecular formula is C23H24N2O3. The SMILES string of the molecule is CCOc1ccccc1OCC(=O)Nc1ccccc1Nc1ccc(C)cc1. The topological polar surface area (TPSA) is 59.6 Å². The van der Waals surface area contributed by atoms with Gasteiger partial charge in [0.1, 0.15) is 0 Å². The molecule has 1 amide bonds. The Kier molecular flexibility index (Phi) is 6.52. The number of benzene rings is 3. The molecule has 0 fully saturated rings. The summed E-state index contributed by atoms with van der Waals surface area (Å²) >= 11 is 0. The number of carbonyl (C=O) groups excluding carboxylic acids is 1. The molecule has 5 heteroatoms. The van der Waals surface area contributed by atoms with E-state index in [1.165, 1.54) is 5.56 Å². The molecule has 0 spiro atoms.